The number of carbonyl (C=O) groups is 2. The molecule has 0 atom stereocenters. The molecule has 0 saturated heterocycles. The molecule has 25 heavy (non-hydrogen) atoms. The fraction of sp³-hybridized carbons (Fsp3) is 0.300. The lowest BCUT2D eigenvalue weighted by Gasteiger charge is -2.13. The molecular formula is C20H25N3O2. The largest absolute Gasteiger partial charge is 0.326 e. The average Bonchev–Trinajstić information content (AvgIpc) is 2.57. The minimum atomic E-state index is -0.164. The van der Waals surface area contributed by atoms with Crippen molar-refractivity contribution in [3.05, 3.63) is 59.2 Å². The molecule has 0 aliphatic rings. The summed E-state index contributed by atoms with van der Waals surface area (Å²) in [6.07, 6.45) is 0.411. The predicted molar refractivity (Wildman–Crippen MR) is 102 cm³/mol. The van der Waals surface area contributed by atoms with E-state index in [0.717, 1.165) is 17.7 Å². The van der Waals surface area contributed by atoms with Crippen LogP contribution in [0, 0.1) is 6.92 Å². The molecule has 0 aliphatic heterocycles. The fourth-order valence-corrected chi connectivity index (χ4v) is 2.45. The van der Waals surface area contributed by atoms with Gasteiger partial charge in [0, 0.05) is 29.9 Å². The Morgan fingerprint density at radius 3 is 2.48 bits per heavy atom. The van der Waals surface area contributed by atoms with Crippen molar-refractivity contribution in [1.82, 2.24) is 4.90 Å². The Hall–Kier alpha value is -2.66. The van der Waals surface area contributed by atoms with Crippen LogP contribution in [0.1, 0.15) is 34.8 Å². The van der Waals surface area contributed by atoms with Gasteiger partial charge in [0.2, 0.25) is 5.91 Å². The smallest absolute Gasteiger partial charge is 0.255 e. The fourth-order valence-electron chi connectivity index (χ4n) is 2.45. The number of nitrogens with one attached hydrogen (secondary N) is 2. The maximum Gasteiger partial charge on any atom is 0.255 e. The highest BCUT2D eigenvalue weighted by Crippen LogP contribution is 2.21. The first-order valence-corrected chi connectivity index (χ1v) is 8.34. The Labute approximate surface area is 149 Å². The zero-order valence-corrected chi connectivity index (χ0v) is 15.2. The zero-order valence-electron chi connectivity index (χ0n) is 15.2. The topological polar surface area (TPSA) is 61.4 Å². The maximum atomic E-state index is 12.6. The van der Waals surface area contributed by atoms with Crippen molar-refractivity contribution in [3.63, 3.8) is 0 Å². The van der Waals surface area contributed by atoms with Crippen LogP contribution in [0.5, 0.6) is 0 Å². The standard InChI is InChI=1S/C20H25N3O2/c1-5-19(24)21-17-10-9-14(2)18(12-17)22-20(25)16-8-6-7-15(11-16)13-23(3)4/h6-12H,5,13H2,1-4H3,(H,21,24)(H,22,25). The van der Waals surface area contributed by atoms with E-state index in [1.54, 1.807) is 19.1 Å². The molecule has 0 aliphatic carbocycles. The van der Waals surface area contributed by atoms with Crippen LogP contribution < -0.4 is 10.6 Å². The zero-order chi connectivity index (χ0) is 18.4. The van der Waals surface area contributed by atoms with Gasteiger partial charge in [-0.25, -0.2) is 0 Å². The Morgan fingerprint density at radius 1 is 1.04 bits per heavy atom. The second-order valence-electron chi connectivity index (χ2n) is 6.32. The van der Waals surface area contributed by atoms with Crippen LogP contribution in [0.15, 0.2) is 42.5 Å². The predicted octanol–water partition coefficient (Wildman–Crippen LogP) is 3.66. The van der Waals surface area contributed by atoms with Crippen molar-refractivity contribution >= 4 is 23.2 Å². The molecule has 2 aromatic carbocycles. The number of amides is 2. The van der Waals surface area contributed by atoms with E-state index in [0.29, 0.717) is 23.4 Å². The van der Waals surface area contributed by atoms with Gasteiger partial charge in [-0.3, -0.25) is 9.59 Å². The molecule has 2 aromatic rings. The maximum absolute atomic E-state index is 12.6. The second kappa shape index (κ2) is 8.44. The Morgan fingerprint density at radius 2 is 1.80 bits per heavy atom. The Kier molecular flexibility index (Phi) is 6.31. The van der Waals surface area contributed by atoms with Gasteiger partial charge < -0.3 is 15.5 Å². The van der Waals surface area contributed by atoms with E-state index >= 15 is 0 Å². The molecule has 0 fully saturated rings. The number of hydrogen-bond acceptors (Lipinski definition) is 3. The molecule has 0 radical (unpaired) electrons. The summed E-state index contributed by atoms with van der Waals surface area (Å²) in [7, 11) is 3.98. The van der Waals surface area contributed by atoms with Gasteiger partial charge in [0.25, 0.3) is 5.91 Å². The van der Waals surface area contributed by atoms with Gasteiger partial charge in [0.1, 0.15) is 0 Å². The van der Waals surface area contributed by atoms with Crippen LogP contribution in [-0.2, 0) is 11.3 Å². The van der Waals surface area contributed by atoms with Crippen molar-refractivity contribution in [1.29, 1.82) is 0 Å². The number of rotatable bonds is 6. The number of anilines is 2. The summed E-state index contributed by atoms with van der Waals surface area (Å²) in [4.78, 5) is 26.2. The first-order valence-electron chi connectivity index (χ1n) is 8.34. The third-order valence-electron chi connectivity index (χ3n) is 3.78. The summed E-state index contributed by atoms with van der Waals surface area (Å²) in [6.45, 7) is 4.50. The average molecular weight is 339 g/mol. The van der Waals surface area contributed by atoms with Gasteiger partial charge in [-0.15, -0.1) is 0 Å². The molecule has 2 amide bonds. The first-order chi connectivity index (χ1) is 11.9. The molecule has 132 valence electrons. The van der Waals surface area contributed by atoms with Gasteiger partial charge in [-0.1, -0.05) is 25.1 Å². The van der Waals surface area contributed by atoms with Crippen molar-refractivity contribution in [2.45, 2.75) is 26.8 Å². The molecule has 2 N–H and O–H groups in total. The lowest BCUT2D eigenvalue weighted by atomic mass is 10.1. The third-order valence-corrected chi connectivity index (χ3v) is 3.78. The Bertz CT molecular complexity index is 769. The van der Waals surface area contributed by atoms with E-state index in [4.69, 9.17) is 0 Å². The van der Waals surface area contributed by atoms with Gasteiger partial charge in [0.05, 0.1) is 0 Å². The van der Waals surface area contributed by atoms with Gasteiger partial charge in [-0.05, 0) is 56.4 Å². The molecule has 0 heterocycles. The summed E-state index contributed by atoms with van der Waals surface area (Å²) >= 11 is 0. The highest BCUT2D eigenvalue weighted by Gasteiger charge is 2.10. The van der Waals surface area contributed by atoms with E-state index in [-0.39, 0.29) is 11.8 Å². The van der Waals surface area contributed by atoms with Crippen molar-refractivity contribution in [3.8, 4) is 0 Å². The highest BCUT2D eigenvalue weighted by atomic mass is 16.2. The molecule has 0 saturated carbocycles. The third kappa shape index (κ3) is 5.43. The van der Waals surface area contributed by atoms with Crippen LogP contribution in [-0.4, -0.2) is 30.8 Å². The summed E-state index contributed by atoms with van der Waals surface area (Å²) in [6, 6.07) is 13.1. The molecule has 5 nitrogen and oxygen atoms in total. The van der Waals surface area contributed by atoms with Gasteiger partial charge in [-0.2, -0.15) is 0 Å². The molecule has 5 heteroatoms. The molecular weight excluding hydrogens is 314 g/mol. The second-order valence-corrected chi connectivity index (χ2v) is 6.32. The van der Waals surface area contributed by atoms with E-state index in [1.807, 2.05) is 51.4 Å². The summed E-state index contributed by atoms with van der Waals surface area (Å²) in [5.41, 5.74) is 4.00. The number of aryl methyl sites for hydroxylation is 1. The Balaban J connectivity index is 2.17. The minimum absolute atomic E-state index is 0.0579. The minimum Gasteiger partial charge on any atom is -0.326 e. The van der Waals surface area contributed by atoms with E-state index in [2.05, 4.69) is 15.5 Å². The van der Waals surface area contributed by atoms with Crippen molar-refractivity contribution in [2.24, 2.45) is 0 Å². The first kappa shape index (κ1) is 18.7. The van der Waals surface area contributed by atoms with E-state index in [1.165, 1.54) is 0 Å². The molecule has 0 unspecified atom stereocenters. The van der Waals surface area contributed by atoms with Crippen molar-refractivity contribution < 1.29 is 9.59 Å². The normalized spacial score (nSPS) is 10.6. The molecule has 0 spiro atoms. The number of hydrogen-bond donors (Lipinski definition) is 2. The molecule has 0 aromatic heterocycles. The van der Waals surface area contributed by atoms with Crippen LogP contribution in [0.2, 0.25) is 0 Å². The summed E-state index contributed by atoms with van der Waals surface area (Å²) in [5.74, 6) is -0.222. The lowest BCUT2D eigenvalue weighted by Crippen LogP contribution is -2.15. The van der Waals surface area contributed by atoms with Crippen LogP contribution in [0.4, 0.5) is 11.4 Å². The number of carbonyl (C=O) groups excluding carboxylic acids is 2. The molecule has 0 bridgehead atoms. The van der Waals surface area contributed by atoms with E-state index < -0.39 is 0 Å². The number of benzene rings is 2. The quantitative estimate of drug-likeness (QED) is 0.844. The van der Waals surface area contributed by atoms with Gasteiger partial charge >= 0.3 is 0 Å². The summed E-state index contributed by atoms with van der Waals surface area (Å²) < 4.78 is 0. The highest BCUT2D eigenvalue weighted by molar-refractivity contribution is 6.05. The number of nitrogens with zero attached hydrogens (tertiary/aromatic N) is 1. The molecule has 2 rings (SSSR count). The van der Waals surface area contributed by atoms with Crippen LogP contribution in [0.3, 0.4) is 0 Å². The van der Waals surface area contributed by atoms with Crippen LogP contribution in [0.25, 0.3) is 0 Å². The summed E-state index contributed by atoms with van der Waals surface area (Å²) in [5, 5.41) is 5.74. The SMILES string of the molecule is CCC(=O)Nc1ccc(C)c(NC(=O)c2cccc(CN(C)C)c2)c1. The van der Waals surface area contributed by atoms with Gasteiger partial charge in [0.15, 0.2) is 0 Å². The monoisotopic (exact) mass is 339 g/mol. The van der Waals surface area contributed by atoms with E-state index in [9.17, 15) is 9.59 Å². The van der Waals surface area contributed by atoms with Crippen LogP contribution >= 0.6 is 0 Å². The lowest BCUT2D eigenvalue weighted by molar-refractivity contribution is -0.115. The van der Waals surface area contributed by atoms with Crippen molar-refractivity contribution in [2.75, 3.05) is 24.7 Å².